The summed E-state index contributed by atoms with van der Waals surface area (Å²) in [6.45, 7) is 6.74. The molecule has 1 aliphatic carbocycles. The molecule has 4 atom stereocenters. The third-order valence-electron chi connectivity index (χ3n) is 6.81. The molecule has 0 aromatic heterocycles. The highest BCUT2D eigenvalue weighted by molar-refractivity contribution is 9.10. The average molecular weight is 451 g/mol. The smallest absolute Gasteiger partial charge is 0.245 e. The number of hydrogen-bond acceptors (Lipinski definition) is 3. The van der Waals surface area contributed by atoms with Crippen LogP contribution in [0.3, 0.4) is 0 Å². The highest BCUT2D eigenvalue weighted by Gasteiger charge is 2.48. The number of carbonyl (C=O) groups is 2. The maximum absolute atomic E-state index is 13.3. The number of rotatable bonds is 5. The van der Waals surface area contributed by atoms with Crippen molar-refractivity contribution in [2.45, 2.75) is 71.0 Å². The Balaban J connectivity index is 1.80. The minimum Gasteiger partial charge on any atom is -0.496 e. The fourth-order valence-corrected chi connectivity index (χ4v) is 4.95. The minimum atomic E-state index is -0.829. The van der Waals surface area contributed by atoms with Gasteiger partial charge >= 0.3 is 0 Å². The normalized spacial score (nSPS) is 30.4. The summed E-state index contributed by atoms with van der Waals surface area (Å²) in [7, 11) is 1.62. The van der Waals surface area contributed by atoms with Crippen LogP contribution in [0.5, 0.6) is 5.75 Å². The molecule has 0 bridgehead atoms. The number of hydrogen-bond donors (Lipinski definition) is 1. The van der Waals surface area contributed by atoms with Gasteiger partial charge in [0.25, 0.3) is 0 Å². The standard InChI is InChI=1S/C22H31BrN2O3/c1-14-6-5-7-18(15(14)2)24-21(27)22(3)11-10-20(26)25(22)13-16-12-17(23)8-9-19(16)28-4/h8-9,12,14-15,18H,5-7,10-11,13H2,1-4H3,(H,24,27)/t14-,15+,18-,22-/m1/s1. The molecule has 1 saturated heterocycles. The molecule has 2 aliphatic rings. The Morgan fingerprint density at radius 3 is 2.82 bits per heavy atom. The van der Waals surface area contributed by atoms with Gasteiger partial charge in [-0.05, 0) is 49.8 Å². The van der Waals surface area contributed by atoms with Gasteiger partial charge < -0.3 is 15.0 Å². The van der Waals surface area contributed by atoms with Gasteiger partial charge in [-0.3, -0.25) is 9.59 Å². The van der Waals surface area contributed by atoms with Crippen molar-refractivity contribution in [2.24, 2.45) is 11.8 Å². The van der Waals surface area contributed by atoms with E-state index in [0.29, 0.717) is 31.2 Å². The van der Waals surface area contributed by atoms with Crippen molar-refractivity contribution in [1.82, 2.24) is 10.2 Å². The summed E-state index contributed by atoms with van der Waals surface area (Å²) >= 11 is 3.49. The zero-order valence-corrected chi connectivity index (χ0v) is 18.8. The van der Waals surface area contributed by atoms with Crippen LogP contribution < -0.4 is 10.1 Å². The van der Waals surface area contributed by atoms with Gasteiger partial charge in [0.2, 0.25) is 11.8 Å². The lowest BCUT2D eigenvalue weighted by Gasteiger charge is -2.39. The molecule has 5 nitrogen and oxygen atoms in total. The SMILES string of the molecule is COc1ccc(Br)cc1CN1C(=O)CC[C@]1(C)C(=O)N[C@@H]1CCC[C@@H](C)[C@@H]1C. The maximum atomic E-state index is 13.3. The van der Waals surface area contributed by atoms with Crippen molar-refractivity contribution in [3.63, 3.8) is 0 Å². The minimum absolute atomic E-state index is 0.0183. The topological polar surface area (TPSA) is 58.6 Å². The summed E-state index contributed by atoms with van der Waals surface area (Å²) in [5, 5.41) is 3.28. The van der Waals surface area contributed by atoms with Gasteiger partial charge in [0.1, 0.15) is 11.3 Å². The zero-order chi connectivity index (χ0) is 20.5. The van der Waals surface area contributed by atoms with Crippen molar-refractivity contribution in [1.29, 1.82) is 0 Å². The van der Waals surface area contributed by atoms with Crippen LogP contribution in [0.15, 0.2) is 22.7 Å². The molecule has 6 heteroatoms. The number of amides is 2. The molecule has 3 rings (SSSR count). The summed E-state index contributed by atoms with van der Waals surface area (Å²) in [6.07, 6.45) is 4.32. The summed E-state index contributed by atoms with van der Waals surface area (Å²) in [4.78, 5) is 27.7. The summed E-state index contributed by atoms with van der Waals surface area (Å²) in [6, 6.07) is 5.92. The molecule has 0 radical (unpaired) electrons. The van der Waals surface area contributed by atoms with E-state index in [2.05, 4.69) is 35.1 Å². The van der Waals surface area contributed by atoms with E-state index in [1.165, 1.54) is 6.42 Å². The highest BCUT2D eigenvalue weighted by Crippen LogP contribution is 2.36. The Morgan fingerprint density at radius 1 is 1.36 bits per heavy atom. The van der Waals surface area contributed by atoms with Gasteiger partial charge in [0, 0.05) is 22.5 Å². The van der Waals surface area contributed by atoms with E-state index in [-0.39, 0.29) is 17.9 Å². The van der Waals surface area contributed by atoms with E-state index in [1.807, 2.05) is 25.1 Å². The first-order valence-electron chi connectivity index (χ1n) is 10.2. The molecule has 0 spiro atoms. The number of nitrogens with zero attached hydrogens (tertiary/aromatic N) is 1. The van der Waals surface area contributed by atoms with Crippen molar-refractivity contribution >= 4 is 27.7 Å². The number of ether oxygens (including phenoxy) is 1. The quantitative estimate of drug-likeness (QED) is 0.727. The van der Waals surface area contributed by atoms with E-state index >= 15 is 0 Å². The Labute approximate surface area is 176 Å². The van der Waals surface area contributed by atoms with Gasteiger partial charge in [0.15, 0.2) is 0 Å². The molecule has 1 aliphatic heterocycles. The number of benzene rings is 1. The molecule has 1 heterocycles. The van der Waals surface area contributed by atoms with Crippen LogP contribution in [-0.2, 0) is 16.1 Å². The van der Waals surface area contributed by atoms with Gasteiger partial charge in [-0.1, -0.05) is 42.6 Å². The second kappa shape index (κ2) is 8.44. The number of likely N-dealkylation sites (tertiary alicyclic amines) is 1. The Hall–Kier alpha value is -1.56. The van der Waals surface area contributed by atoms with Gasteiger partial charge in [-0.15, -0.1) is 0 Å². The first kappa shape index (κ1) is 21.2. The maximum Gasteiger partial charge on any atom is 0.245 e. The number of methoxy groups -OCH3 is 1. The molecule has 1 aromatic rings. The first-order chi connectivity index (χ1) is 13.3. The lowest BCUT2D eigenvalue weighted by Crippen LogP contribution is -2.57. The Kier molecular flexibility index (Phi) is 6.37. The van der Waals surface area contributed by atoms with Crippen molar-refractivity contribution in [3.8, 4) is 5.75 Å². The number of nitrogens with one attached hydrogen (secondary N) is 1. The highest BCUT2D eigenvalue weighted by atomic mass is 79.9. The number of halogens is 1. The van der Waals surface area contributed by atoms with Crippen LogP contribution in [0.2, 0.25) is 0 Å². The molecule has 2 amide bonds. The van der Waals surface area contributed by atoms with E-state index in [0.717, 1.165) is 28.6 Å². The molecular weight excluding hydrogens is 420 g/mol. The summed E-state index contributed by atoms with van der Waals surface area (Å²) in [5.41, 5.74) is 0.0657. The molecule has 28 heavy (non-hydrogen) atoms. The fraction of sp³-hybridized carbons (Fsp3) is 0.636. The van der Waals surface area contributed by atoms with E-state index < -0.39 is 5.54 Å². The monoisotopic (exact) mass is 450 g/mol. The summed E-state index contributed by atoms with van der Waals surface area (Å²) < 4.78 is 6.38. The lowest BCUT2D eigenvalue weighted by atomic mass is 9.77. The van der Waals surface area contributed by atoms with Crippen molar-refractivity contribution < 1.29 is 14.3 Å². The van der Waals surface area contributed by atoms with Crippen LogP contribution in [0, 0.1) is 11.8 Å². The van der Waals surface area contributed by atoms with Gasteiger partial charge in [0.05, 0.1) is 13.7 Å². The Bertz CT molecular complexity index is 753. The van der Waals surface area contributed by atoms with E-state index in [9.17, 15) is 9.59 Å². The third kappa shape index (κ3) is 4.07. The third-order valence-corrected chi connectivity index (χ3v) is 7.30. The van der Waals surface area contributed by atoms with Crippen LogP contribution in [0.1, 0.15) is 58.4 Å². The van der Waals surface area contributed by atoms with Gasteiger partial charge in [-0.25, -0.2) is 0 Å². The molecular formula is C22H31BrN2O3. The lowest BCUT2D eigenvalue weighted by molar-refractivity contribution is -0.142. The van der Waals surface area contributed by atoms with Crippen LogP contribution in [-0.4, -0.2) is 35.4 Å². The largest absolute Gasteiger partial charge is 0.496 e. The average Bonchev–Trinajstić information content (AvgIpc) is 2.95. The van der Waals surface area contributed by atoms with Gasteiger partial charge in [-0.2, -0.15) is 0 Å². The van der Waals surface area contributed by atoms with E-state index in [4.69, 9.17) is 4.74 Å². The predicted molar refractivity (Wildman–Crippen MR) is 113 cm³/mol. The first-order valence-corrected chi connectivity index (χ1v) is 11.0. The second-order valence-corrected chi connectivity index (χ2v) is 9.47. The van der Waals surface area contributed by atoms with E-state index in [1.54, 1.807) is 12.0 Å². The van der Waals surface area contributed by atoms with Crippen molar-refractivity contribution in [2.75, 3.05) is 7.11 Å². The molecule has 1 saturated carbocycles. The predicted octanol–water partition coefficient (Wildman–Crippen LogP) is 4.28. The second-order valence-electron chi connectivity index (χ2n) is 8.56. The number of carbonyl (C=O) groups excluding carboxylic acids is 2. The van der Waals surface area contributed by atoms with Crippen molar-refractivity contribution in [3.05, 3.63) is 28.2 Å². The molecule has 0 unspecified atom stereocenters. The molecule has 1 N–H and O–H groups in total. The Morgan fingerprint density at radius 2 is 2.11 bits per heavy atom. The fourth-order valence-electron chi connectivity index (χ4n) is 4.54. The van der Waals surface area contributed by atoms with Crippen LogP contribution >= 0.6 is 15.9 Å². The summed E-state index contributed by atoms with van der Waals surface area (Å²) in [5.74, 6) is 1.78. The van der Waals surface area contributed by atoms with Crippen LogP contribution in [0.25, 0.3) is 0 Å². The molecule has 2 fully saturated rings. The molecule has 154 valence electrons. The van der Waals surface area contributed by atoms with Crippen LogP contribution in [0.4, 0.5) is 0 Å². The zero-order valence-electron chi connectivity index (χ0n) is 17.3. The molecule has 1 aromatic carbocycles.